The summed E-state index contributed by atoms with van der Waals surface area (Å²) in [7, 11) is 0. The van der Waals surface area contributed by atoms with E-state index >= 15 is 0 Å². The Balaban J connectivity index is 1.83. The van der Waals surface area contributed by atoms with Crippen molar-refractivity contribution >= 4 is 0 Å². The predicted octanol–water partition coefficient (Wildman–Crippen LogP) is -4.82. The van der Waals surface area contributed by atoms with E-state index in [0.717, 1.165) is 26.6 Å². The summed E-state index contributed by atoms with van der Waals surface area (Å²) in [4.78, 5) is 0. The van der Waals surface area contributed by atoms with Gasteiger partial charge >= 0.3 is 82.1 Å². The molecule has 1 saturated heterocycles. The summed E-state index contributed by atoms with van der Waals surface area (Å²) in [6, 6.07) is 0. The van der Waals surface area contributed by atoms with Crippen molar-refractivity contribution in [3.05, 3.63) is 7.16 Å². The van der Waals surface area contributed by atoms with Gasteiger partial charge in [0.15, 0.2) is 0 Å². The zero-order valence-electron chi connectivity index (χ0n) is 5.53. The van der Waals surface area contributed by atoms with E-state index in [9.17, 15) is 0 Å². The average molecular weight is 358 g/mol. The second-order valence-electron chi connectivity index (χ2n) is 3.80. The first-order chi connectivity index (χ1) is 4.90. The van der Waals surface area contributed by atoms with Gasteiger partial charge in [-0.05, 0) is 0 Å². The second-order valence-corrected chi connectivity index (χ2v) is 9.95. The molecular formula is C8H8I2-2. The van der Waals surface area contributed by atoms with Crippen LogP contribution >= 0.6 is 0 Å². The van der Waals surface area contributed by atoms with Crippen LogP contribution in [-0.2, 0) is 0 Å². The van der Waals surface area contributed by atoms with Gasteiger partial charge in [0, 0.05) is 0 Å². The number of hydrogen-bond acceptors (Lipinski definition) is 0. The maximum atomic E-state index is 2.04. The molecule has 2 heteroatoms. The summed E-state index contributed by atoms with van der Waals surface area (Å²) in [6.45, 7) is 0. The molecule has 3 atom stereocenters. The zero-order valence-corrected chi connectivity index (χ0v) is 9.85. The molecule has 10 heavy (non-hydrogen) atoms. The zero-order chi connectivity index (χ0) is 6.34. The molecule has 2 aliphatic heterocycles. The standard InChI is InChI=1S/C8H8I2/c1-4-7-5(10-7)2-8(4)3-9-6(1)8/h4,6H,1-3H2/q-2/t4-,6?,8?/m0/s1. The van der Waals surface area contributed by atoms with E-state index in [4.69, 9.17) is 0 Å². The molecule has 0 nitrogen and oxygen atoms in total. The summed E-state index contributed by atoms with van der Waals surface area (Å²) in [5.74, 6) is 1.20. The predicted molar refractivity (Wildman–Crippen MR) is 30.8 cm³/mol. The molecule has 1 spiro atoms. The Bertz CT molecular complexity index is 268. The van der Waals surface area contributed by atoms with Crippen molar-refractivity contribution in [2.75, 3.05) is 4.43 Å². The van der Waals surface area contributed by atoms with E-state index in [1.807, 2.05) is 7.16 Å². The molecule has 1 saturated carbocycles. The molecule has 56 valence electrons. The summed E-state index contributed by atoms with van der Waals surface area (Å²) >= 11 is 1.33. The maximum absolute atomic E-state index is 2.04. The fourth-order valence-corrected chi connectivity index (χ4v) is 10.5. The first-order valence-corrected chi connectivity index (χ1v) is 8.79. The van der Waals surface area contributed by atoms with Crippen LogP contribution in [0.15, 0.2) is 7.16 Å². The van der Waals surface area contributed by atoms with Crippen LogP contribution in [0.2, 0.25) is 0 Å². The van der Waals surface area contributed by atoms with Crippen LogP contribution in [0.3, 0.4) is 0 Å². The van der Waals surface area contributed by atoms with Crippen molar-refractivity contribution in [3.8, 4) is 0 Å². The Morgan fingerprint density at radius 2 is 2.50 bits per heavy atom. The Hall–Kier alpha value is 1.20. The van der Waals surface area contributed by atoms with Crippen molar-refractivity contribution in [2.24, 2.45) is 11.3 Å². The van der Waals surface area contributed by atoms with Crippen molar-refractivity contribution in [3.63, 3.8) is 0 Å². The topological polar surface area (TPSA) is 0 Å². The number of fused-ring (bicyclic) bond motifs is 1. The van der Waals surface area contributed by atoms with Crippen molar-refractivity contribution in [1.29, 1.82) is 0 Å². The van der Waals surface area contributed by atoms with Gasteiger partial charge in [0.1, 0.15) is 0 Å². The summed E-state index contributed by atoms with van der Waals surface area (Å²) in [5, 5.41) is 0. The van der Waals surface area contributed by atoms with E-state index in [2.05, 4.69) is 0 Å². The third-order valence-electron chi connectivity index (χ3n) is 3.50. The van der Waals surface area contributed by atoms with Gasteiger partial charge in [0.2, 0.25) is 0 Å². The number of hydrogen-bond donors (Lipinski definition) is 0. The van der Waals surface area contributed by atoms with Gasteiger partial charge in [-0.2, -0.15) is 0 Å². The van der Waals surface area contributed by atoms with Gasteiger partial charge < -0.3 is 0 Å². The third kappa shape index (κ3) is 0.424. The van der Waals surface area contributed by atoms with Crippen molar-refractivity contribution in [1.82, 2.24) is 0 Å². The van der Waals surface area contributed by atoms with Crippen LogP contribution < -0.4 is 42.4 Å². The van der Waals surface area contributed by atoms with Crippen molar-refractivity contribution in [2.45, 2.75) is 16.8 Å². The number of rotatable bonds is 0. The summed E-state index contributed by atoms with van der Waals surface area (Å²) in [5.41, 5.74) is 0.996. The van der Waals surface area contributed by atoms with Gasteiger partial charge in [-0.1, -0.05) is 0 Å². The molecule has 0 radical (unpaired) electrons. The fraction of sp³-hybridized carbons (Fsp3) is 0.750. The van der Waals surface area contributed by atoms with Crippen LogP contribution in [0.25, 0.3) is 0 Å². The normalized spacial score (nSPS) is 61.6. The second kappa shape index (κ2) is 1.47. The molecule has 0 aromatic carbocycles. The van der Waals surface area contributed by atoms with Gasteiger partial charge in [0.25, 0.3) is 0 Å². The van der Waals surface area contributed by atoms with Crippen LogP contribution in [0.5, 0.6) is 0 Å². The molecule has 2 unspecified atom stereocenters. The molecule has 0 aromatic heterocycles. The first-order valence-electron chi connectivity index (χ1n) is 3.86. The molecule has 2 heterocycles. The molecule has 4 rings (SSSR count). The molecule has 0 amide bonds. The summed E-state index contributed by atoms with van der Waals surface area (Å²) in [6.07, 6.45) is 3.27. The molecule has 0 N–H and O–H groups in total. The van der Waals surface area contributed by atoms with Crippen molar-refractivity contribution < 1.29 is 42.4 Å². The quantitative estimate of drug-likeness (QED) is 0.301. The Morgan fingerprint density at radius 1 is 1.50 bits per heavy atom. The van der Waals surface area contributed by atoms with E-state index in [0.29, 0.717) is 21.2 Å². The van der Waals surface area contributed by atoms with Crippen LogP contribution in [0.4, 0.5) is 0 Å². The monoisotopic (exact) mass is 358 g/mol. The summed E-state index contributed by atoms with van der Waals surface area (Å²) < 4.78 is 7.07. The molecule has 2 fully saturated rings. The van der Waals surface area contributed by atoms with E-state index in [1.54, 1.807) is 17.3 Å². The number of halogens is 2. The number of allylic oxidation sites excluding steroid dienone is 2. The minimum atomic E-state index is 0.609. The molecule has 4 aliphatic rings. The van der Waals surface area contributed by atoms with Crippen LogP contribution in [0, 0.1) is 11.3 Å². The Labute approximate surface area is 81.4 Å². The van der Waals surface area contributed by atoms with E-state index in [-0.39, 0.29) is 0 Å². The average Bonchev–Trinajstić information content (AvgIpc) is 2.61. The van der Waals surface area contributed by atoms with Gasteiger partial charge in [-0.25, -0.2) is 0 Å². The van der Waals surface area contributed by atoms with Crippen LogP contribution in [-0.4, -0.2) is 8.35 Å². The van der Waals surface area contributed by atoms with E-state index < -0.39 is 0 Å². The van der Waals surface area contributed by atoms with Gasteiger partial charge in [0.05, 0.1) is 0 Å². The van der Waals surface area contributed by atoms with Crippen LogP contribution in [0.1, 0.15) is 12.8 Å². The SMILES string of the molecule is C1C2[I-]CC23CC2=C([I-]2)[C@H]13. The van der Waals surface area contributed by atoms with Gasteiger partial charge in [-0.15, -0.1) is 0 Å². The number of alkyl halides is 2. The first kappa shape index (κ1) is 5.78. The Kier molecular flexibility index (Phi) is 0.852. The van der Waals surface area contributed by atoms with E-state index in [1.165, 1.54) is 9.84 Å². The Morgan fingerprint density at radius 3 is 3.00 bits per heavy atom. The molecule has 2 aliphatic carbocycles. The van der Waals surface area contributed by atoms with Gasteiger partial charge in [-0.3, -0.25) is 0 Å². The molecule has 0 aromatic rings. The fourth-order valence-electron chi connectivity index (χ4n) is 2.67. The minimum absolute atomic E-state index is 0.609. The molecular weight excluding hydrogens is 350 g/mol. The third-order valence-corrected chi connectivity index (χ3v) is 11.2. The molecule has 0 bridgehead atoms.